The van der Waals surface area contributed by atoms with E-state index in [2.05, 4.69) is 10.2 Å². The second-order valence-corrected chi connectivity index (χ2v) is 6.08. The predicted octanol–water partition coefficient (Wildman–Crippen LogP) is 3.26. The van der Waals surface area contributed by atoms with Gasteiger partial charge < -0.3 is 10.6 Å². The summed E-state index contributed by atoms with van der Waals surface area (Å²) in [6.45, 7) is 0.694. The highest BCUT2D eigenvalue weighted by molar-refractivity contribution is 6.00. The number of carbonyl (C=O) groups excluding carboxylic acids is 1. The van der Waals surface area contributed by atoms with E-state index in [0.29, 0.717) is 17.9 Å². The zero-order valence-electron chi connectivity index (χ0n) is 13.0. The Bertz CT molecular complexity index is 903. The third-order valence-electron chi connectivity index (χ3n) is 4.61. The molecule has 3 N–H and O–H groups in total. The fourth-order valence-electron chi connectivity index (χ4n) is 3.37. The van der Waals surface area contributed by atoms with Gasteiger partial charge in [0.05, 0.1) is 11.6 Å². The summed E-state index contributed by atoms with van der Waals surface area (Å²) in [5.74, 6) is 0.0796. The third-order valence-corrected chi connectivity index (χ3v) is 4.61. The van der Waals surface area contributed by atoms with Crippen LogP contribution < -0.4 is 5.73 Å². The SMILES string of the molecule is Nc1n[nH]c2ccc(C(=O)N3CCC[C@@H]3c3ccc(F)cc3)cc12. The maximum Gasteiger partial charge on any atom is 0.254 e. The van der Waals surface area contributed by atoms with Crippen molar-refractivity contribution in [2.75, 3.05) is 12.3 Å². The van der Waals surface area contributed by atoms with Crippen LogP contribution >= 0.6 is 0 Å². The zero-order valence-corrected chi connectivity index (χ0v) is 13.0. The van der Waals surface area contributed by atoms with Crippen molar-refractivity contribution in [3.05, 3.63) is 59.4 Å². The van der Waals surface area contributed by atoms with Gasteiger partial charge in [-0.2, -0.15) is 5.10 Å². The fourth-order valence-corrected chi connectivity index (χ4v) is 3.37. The van der Waals surface area contributed by atoms with Crippen molar-refractivity contribution in [1.82, 2.24) is 15.1 Å². The number of aromatic amines is 1. The second kappa shape index (κ2) is 5.63. The van der Waals surface area contributed by atoms with Gasteiger partial charge in [0.2, 0.25) is 0 Å². The number of carbonyl (C=O) groups is 1. The summed E-state index contributed by atoms with van der Waals surface area (Å²) in [6, 6.07) is 11.7. The van der Waals surface area contributed by atoms with Crippen LogP contribution in [0, 0.1) is 5.82 Å². The maximum atomic E-state index is 13.1. The molecular formula is C18H17FN4O. The predicted molar refractivity (Wildman–Crippen MR) is 89.9 cm³/mol. The largest absolute Gasteiger partial charge is 0.382 e. The van der Waals surface area contributed by atoms with Gasteiger partial charge in [-0.05, 0) is 48.7 Å². The molecule has 6 heteroatoms. The van der Waals surface area contributed by atoms with Crippen LogP contribution in [-0.2, 0) is 0 Å². The van der Waals surface area contributed by atoms with Crippen molar-refractivity contribution in [3.8, 4) is 0 Å². The number of amides is 1. The summed E-state index contributed by atoms with van der Waals surface area (Å²) in [5, 5.41) is 7.53. The number of anilines is 1. The van der Waals surface area contributed by atoms with Gasteiger partial charge in [-0.15, -0.1) is 0 Å². The molecule has 0 unspecified atom stereocenters. The van der Waals surface area contributed by atoms with Crippen molar-refractivity contribution >= 4 is 22.6 Å². The Morgan fingerprint density at radius 2 is 2.04 bits per heavy atom. The van der Waals surface area contributed by atoms with Gasteiger partial charge in [0, 0.05) is 17.5 Å². The molecule has 0 radical (unpaired) electrons. The molecule has 0 saturated carbocycles. The van der Waals surface area contributed by atoms with E-state index in [9.17, 15) is 9.18 Å². The van der Waals surface area contributed by atoms with E-state index in [4.69, 9.17) is 5.73 Å². The first kappa shape index (κ1) is 14.7. The average Bonchev–Trinajstić information content (AvgIpc) is 3.22. The molecule has 1 aliphatic rings. The lowest BCUT2D eigenvalue weighted by Crippen LogP contribution is -2.30. The number of nitrogens with zero attached hydrogens (tertiary/aromatic N) is 2. The molecule has 1 amide bonds. The molecule has 24 heavy (non-hydrogen) atoms. The van der Waals surface area contributed by atoms with Crippen molar-refractivity contribution in [2.24, 2.45) is 0 Å². The number of nitrogens with two attached hydrogens (primary N) is 1. The number of hydrogen-bond donors (Lipinski definition) is 2. The highest BCUT2D eigenvalue weighted by Crippen LogP contribution is 2.33. The van der Waals surface area contributed by atoms with Crippen molar-refractivity contribution in [2.45, 2.75) is 18.9 Å². The van der Waals surface area contributed by atoms with E-state index in [1.807, 2.05) is 11.0 Å². The number of aromatic nitrogens is 2. The monoisotopic (exact) mass is 324 g/mol. The molecule has 1 fully saturated rings. The van der Waals surface area contributed by atoms with Crippen LogP contribution in [0.25, 0.3) is 10.9 Å². The summed E-state index contributed by atoms with van der Waals surface area (Å²) in [7, 11) is 0. The maximum absolute atomic E-state index is 13.1. The molecule has 0 bridgehead atoms. The summed E-state index contributed by atoms with van der Waals surface area (Å²) in [6.07, 6.45) is 1.82. The van der Waals surface area contributed by atoms with Crippen LogP contribution in [0.2, 0.25) is 0 Å². The second-order valence-electron chi connectivity index (χ2n) is 6.08. The van der Waals surface area contributed by atoms with E-state index in [-0.39, 0.29) is 17.8 Å². The zero-order chi connectivity index (χ0) is 16.7. The molecule has 2 heterocycles. The summed E-state index contributed by atoms with van der Waals surface area (Å²) in [5.41, 5.74) is 8.19. The molecule has 1 aliphatic heterocycles. The summed E-state index contributed by atoms with van der Waals surface area (Å²) in [4.78, 5) is 14.8. The molecule has 2 aromatic carbocycles. The van der Waals surface area contributed by atoms with Gasteiger partial charge in [0.25, 0.3) is 5.91 Å². The van der Waals surface area contributed by atoms with Crippen molar-refractivity contribution < 1.29 is 9.18 Å². The first-order chi connectivity index (χ1) is 11.6. The molecule has 0 spiro atoms. The number of nitrogen functional groups attached to an aromatic ring is 1. The Morgan fingerprint density at radius 1 is 1.25 bits per heavy atom. The first-order valence-corrected chi connectivity index (χ1v) is 7.93. The highest BCUT2D eigenvalue weighted by Gasteiger charge is 2.30. The van der Waals surface area contributed by atoms with Crippen LogP contribution in [0.1, 0.15) is 34.8 Å². The van der Waals surface area contributed by atoms with E-state index in [1.54, 1.807) is 24.3 Å². The van der Waals surface area contributed by atoms with Gasteiger partial charge in [-0.1, -0.05) is 12.1 Å². The lowest BCUT2D eigenvalue weighted by atomic mass is 10.0. The molecule has 1 saturated heterocycles. The van der Waals surface area contributed by atoms with Crippen LogP contribution in [0.3, 0.4) is 0 Å². The molecule has 4 rings (SSSR count). The minimum atomic E-state index is -0.268. The molecule has 3 aromatic rings. The number of fused-ring (bicyclic) bond motifs is 1. The first-order valence-electron chi connectivity index (χ1n) is 7.93. The molecule has 5 nitrogen and oxygen atoms in total. The highest BCUT2D eigenvalue weighted by atomic mass is 19.1. The molecule has 0 aliphatic carbocycles. The van der Waals surface area contributed by atoms with E-state index in [0.717, 1.165) is 29.3 Å². The Kier molecular flexibility index (Phi) is 3.45. The van der Waals surface area contributed by atoms with Gasteiger partial charge in [-0.25, -0.2) is 4.39 Å². The van der Waals surface area contributed by atoms with Gasteiger partial charge in [0.1, 0.15) is 5.82 Å². The van der Waals surface area contributed by atoms with E-state index < -0.39 is 0 Å². The normalized spacial score (nSPS) is 17.5. The molecule has 122 valence electrons. The van der Waals surface area contributed by atoms with Crippen LogP contribution in [0.4, 0.5) is 10.2 Å². The quantitative estimate of drug-likeness (QED) is 0.760. The smallest absolute Gasteiger partial charge is 0.254 e. The van der Waals surface area contributed by atoms with Crippen molar-refractivity contribution in [1.29, 1.82) is 0 Å². The lowest BCUT2D eigenvalue weighted by Gasteiger charge is -2.25. The number of hydrogen-bond acceptors (Lipinski definition) is 3. The van der Waals surface area contributed by atoms with E-state index >= 15 is 0 Å². The number of halogens is 1. The van der Waals surface area contributed by atoms with Crippen LogP contribution in [-0.4, -0.2) is 27.5 Å². The van der Waals surface area contributed by atoms with Crippen molar-refractivity contribution in [3.63, 3.8) is 0 Å². The molecule has 1 aromatic heterocycles. The molecular weight excluding hydrogens is 307 g/mol. The number of H-pyrrole nitrogens is 1. The minimum absolute atomic E-state index is 0.0181. The van der Waals surface area contributed by atoms with Gasteiger partial charge >= 0.3 is 0 Å². The minimum Gasteiger partial charge on any atom is -0.382 e. The third kappa shape index (κ3) is 2.40. The summed E-state index contributed by atoms with van der Waals surface area (Å²) < 4.78 is 13.1. The molecule has 1 atom stereocenters. The number of likely N-dealkylation sites (tertiary alicyclic amines) is 1. The Morgan fingerprint density at radius 3 is 2.83 bits per heavy atom. The standard InChI is InChI=1S/C18H17FN4O/c19-13-6-3-11(4-7-13)16-2-1-9-23(16)18(24)12-5-8-15-14(10-12)17(20)22-21-15/h3-8,10,16H,1-2,9H2,(H3,20,21,22)/t16-/m1/s1. The lowest BCUT2D eigenvalue weighted by molar-refractivity contribution is 0.0736. The van der Waals surface area contributed by atoms with Crippen LogP contribution in [0.15, 0.2) is 42.5 Å². The Hall–Kier alpha value is -2.89. The van der Waals surface area contributed by atoms with Crippen LogP contribution in [0.5, 0.6) is 0 Å². The Balaban J connectivity index is 1.66. The number of nitrogens with one attached hydrogen (secondary N) is 1. The average molecular weight is 324 g/mol. The number of benzene rings is 2. The van der Waals surface area contributed by atoms with Gasteiger partial charge in [0.15, 0.2) is 5.82 Å². The number of rotatable bonds is 2. The van der Waals surface area contributed by atoms with Gasteiger partial charge in [-0.3, -0.25) is 9.89 Å². The summed E-state index contributed by atoms with van der Waals surface area (Å²) >= 11 is 0. The topological polar surface area (TPSA) is 75.0 Å². The Labute approximate surface area is 138 Å². The fraction of sp³-hybridized carbons (Fsp3) is 0.222. The van der Waals surface area contributed by atoms with E-state index in [1.165, 1.54) is 12.1 Å².